The lowest BCUT2D eigenvalue weighted by Gasteiger charge is -2.15. The van der Waals surface area contributed by atoms with Crippen LogP contribution in [0.4, 0.5) is 0 Å². The maximum absolute atomic E-state index is 12.4. The largest absolute Gasteiger partial charge is 0.457 e. The molecule has 0 bridgehead atoms. The monoisotopic (exact) mass is 429 g/mol. The van der Waals surface area contributed by atoms with E-state index < -0.39 is 9.84 Å². The Morgan fingerprint density at radius 1 is 1.13 bits per heavy atom. The van der Waals surface area contributed by atoms with E-state index in [1.54, 1.807) is 18.2 Å². The van der Waals surface area contributed by atoms with Crippen molar-refractivity contribution in [1.82, 2.24) is 10.6 Å². The molecular weight excluding hydrogens is 402 g/mol. The van der Waals surface area contributed by atoms with Gasteiger partial charge >= 0.3 is 5.97 Å². The van der Waals surface area contributed by atoms with Crippen LogP contribution in [-0.2, 0) is 27.7 Å². The van der Waals surface area contributed by atoms with Crippen LogP contribution in [0, 0.1) is 0 Å². The number of aliphatic imine (C=N–C) groups is 1. The van der Waals surface area contributed by atoms with Gasteiger partial charge in [-0.15, -0.1) is 0 Å². The summed E-state index contributed by atoms with van der Waals surface area (Å²) in [5.41, 5.74) is 2.26. The minimum Gasteiger partial charge on any atom is -0.457 e. The Labute approximate surface area is 177 Å². The highest BCUT2D eigenvalue weighted by Gasteiger charge is 2.28. The first-order chi connectivity index (χ1) is 14.4. The molecule has 0 radical (unpaired) electrons. The third kappa shape index (κ3) is 6.59. The van der Waals surface area contributed by atoms with Crippen LogP contribution in [0.5, 0.6) is 0 Å². The second kappa shape index (κ2) is 10.2. The molecule has 1 aliphatic rings. The molecule has 0 spiro atoms. The van der Waals surface area contributed by atoms with E-state index in [9.17, 15) is 13.2 Å². The van der Waals surface area contributed by atoms with Crippen LogP contribution in [0.3, 0.4) is 0 Å². The predicted octanol–water partition coefficient (Wildman–Crippen LogP) is 2.29. The van der Waals surface area contributed by atoms with Crippen molar-refractivity contribution in [3.05, 3.63) is 71.3 Å². The molecule has 2 aromatic rings. The van der Waals surface area contributed by atoms with Crippen molar-refractivity contribution in [3.8, 4) is 0 Å². The number of rotatable bonds is 7. The number of hydrogen-bond acceptors (Lipinski definition) is 5. The molecule has 0 amide bonds. The second-order valence-corrected chi connectivity index (χ2v) is 9.43. The molecule has 0 saturated carbocycles. The molecule has 1 heterocycles. The van der Waals surface area contributed by atoms with Crippen LogP contribution in [-0.4, -0.2) is 44.4 Å². The summed E-state index contributed by atoms with van der Waals surface area (Å²) in [5.74, 6) is 0.514. The third-order valence-corrected chi connectivity index (χ3v) is 6.48. The van der Waals surface area contributed by atoms with Crippen molar-refractivity contribution in [1.29, 1.82) is 0 Å². The molecule has 0 aromatic heterocycles. The summed E-state index contributed by atoms with van der Waals surface area (Å²) in [6, 6.07) is 16.6. The van der Waals surface area contributed by atoms with E-state index in [4.69, 9.17) is 4.74 Å². The van der Waals surface area contributed by atoms with E-state index in [-0.39, 0.29) is 30.1 Å². The molecule has 7 nitrogen and oxygen atoms in total. The van der Waals surface area contributed by atoms with Crippen molar-refractivity contribution >= 4 is 21.8 Å². The van der Waals surface area contributed by atoms with Crippen LogP contribution in [0.25, 0.3) is 0 Å². The van der Waals surface area contributed by atoms with Crippen molar-refractivity contribution in [2.45, 2.75) is 32.5 Å². The zero-order valence-corrected chi connectivity index (χ0v) is 17.8. The van der Waals surface area contributed by atoms with Crippen LogP contribution < -0.4 is 10.6 Å². The molecule has 160 valence electrons. The molecular formula is C22H27N3O4S. The van der Waals surface area contributed by atoms with Gasteiger partial charge in [-0.2, -0.15) is 0 Å². The van der Waals surface area contributed by atoms with Gasteiger partial charge < -0.3 is 15.4 Å². The topological polar surface area (TPSA) is 96.9 Å². The first-order valence-corrected chi connectivity index (χ1v) is 11.8. The normalized spacial score (nSPS) is 18.0. The summed E-state index contributed by atoms with van der Waals surface area (Å²) < 4.78 is 28.7. The summed E-state index contributed by atoms with van der Waals surface area (Å²) >= 11 is 0. The molecule has 30 heavy (non-hydrogen) atoms. The highest BCUT2D eigenvalue weighted by atomic mass is 32.2. The van der Waals surface area contributed by atoms with E-state index in [1.165, 1.54) is 0 Å². The van der Waals surface area contributed by atoms with Crippen molar-refractivity contribution in [2.75, 3.05) is 18.1 Å². The fraction of sp³-hybridized carbons (Fsp3) is 0.364. The first kappa shape index (κ1) is 21.8. The Kier molecular flexibility index (Phi) is 7.46. The maximum Gasteiger partial charge on any atom is 0.338 e. The average molecular weight is 430 g/mol. The van der Waals surface area contributed by atoms with Crippen molar-refractivity contribution < 1.29 is 17.9 Å². The Hall–Kier alpha value is -2.87. The lowest BCUT2D eigenvalue weighted by atomic mass is 10.1. The predicted molar refractivity (Wildman–Crippen MR) is 117 cm³/mol. The minimum atomic E-state index is -2.96. The van der Waals surface area contributed by atoms with E-state index >= 15 is 0 Å². The van der Waals surface area contributed by atoms with Crippen LogP contribution in [0.1, 0.15) is 34.8 Å². The lowest BCUT2D eigenvalue weighted by Crippen LogP contribution is -2.44. The average Bonchev–Trinajstić information content (AvgIpc) is 3.09. The van der Waals surface area contributed by atoms with Gasteiger partial charge in [0.05, 0.1) is 23.6 Å². The van der Waals surface area contributed by atoms with Gasteiger partial charge in [0.1, 0.15) is 6.61 Å². The van der Waals surface area contributed by atoms with E-state index in [0.717, 1.165) is 11.1 Å². The number of carbonyl (C=O) groups is 1. The molecule has 1 saturated heterocycles. The number of guanidine groups is 1. The zero-order valence-electron chi connectivity index (χ0n) is 17.0. The molecule has 0 aliphatic carbocycles. The van der Waals surface area contributed by atoms with Gasteiger partial charge in [-0.25, -0.2) is 18.2 Å². The number of esters is 1. The summed E-state index contributed by atoms with van der Waals surface area (Å²) in [4.78, 5) is 16.9. The first-order valence-electron chi connectivity index (χ1n) is 10.0. The van der Waals surface area contributed by atoms with Crippen molar-refractivity contribution in [3.63, 3.8) is 0 Å². The van der Waals surface area contributed by atoms with E-state index in [2.05, 4.69) is 15.6 Å². The van der Waals surface area contributed by atoms with E-state index in [1.807, 2.05) is 43.3 Å². The highest BCUT2D eigenvalue weighted by molar-refractivity contribution is 7.91. The van der Waals surface area contributed by atoms with Crippen LogP contribution in [0.15, 0.2) is 59.6 Å². The number of nitrogens with zero attached hydrogens (tertiary/aromatic N) is 1. The van der Waals surface area contributed by atoms with Gasteiger partial charge in [0.25, 0.3) is 0 Å². The smallest absolute Gasteiger partial charge is 0.338 e. The number of sulfone groups is 1. The molecule has 1 fully saturated rings. The van der Waals surface area contributed by atoms with Gasteiger partial charge in [0, 0.05) is 12.6 Å². The Morgan fingerprint density at radius 2 is 1.90 bits per heavy atom. The molecule has 8 heteroatoms. The molecule has 2 N–H and O–H groups in total. The van der Waals surface area contributed by atoms with Gasteiger partial charge in [-0.05, 0) is 36.6 Å². The fourth-order valence-electron chi connectivity index (χ4n) is 3.20. The van der Waals surface area contributed by atoms with Crippen LogP contribution >= 0.6 is 0 Å². The van der Waals surface area contributed by atoms with Gasteiger partial charge in [-0.1, -0.05) is 42.5 Å². The SMILES string of the molecule is CCNC(=NCc1cccc(C(=O)OCc2ccccc2)c1)NC1CCS(=O)(=O)C1. The molecule has 1 atom stereocenters. The maximum atomic E-state index is 12.4. The summed E-state index contributed by atoms with van der Waals surface area (Å²) in [6.07, 6.45) is 0.579. The Bertz CT molecular complexity index is 990. The summed E-state index contributed by atoms with van der Waals surface area (Å²) in [7, 11) is -2.96. The van der Waals surface area contributed by atoms with Crippen molar-refractivity contribution in [2.24, 2.45) is 4.99 Å². The second-order valence-electron chi connectivity index (χ2n) is 7.20. The quantitative estimate of drug-likeness (QED) is 0.398. The Balaban J connectivity index is 1.60. The number of ether oxygens (including phenoxy) is 1. The number of benzene rings is 2. The molecule has 3 rings (SSSR count). The van der Waals surface area contributed by atoms with E-state index in [0.29, 0.717) is 31.0 Å². The minimum absolute atomic E-state index is 0.125. The summed E-state index contributed by atoms with van der Waals surface area (Å²) in [5, 5.41) is 6.32. The highest BCUT2D eigenvalue weighted by Crippen LogP contribution is 2.12. The number of carbonyl (C=O) groups excluding carboxylic acids is 1. The standard InChI is InChI=1S/C22H27N3O4S/c1-2-23-22(25-20-11-12-30(27,28)16-20)24-14-18-9-6-10-19(13-18)21(26)29-15-17-7-4-3-5-8-17/h3-10,13,20H,2,11-12,14-16H2,1H3,(H2,23,24,25). The molecule has 1 unspecified atom stereocenters. The number of nitrogens with one attached hydrogen (secondary N) is 2. The fourth-order valence-corrected chi connectivity index (χ4v) is 4.87. The molecule has 1 aliphatic heterocycles. The Morgan fingerprint density at radius 3 is 2.60 bits per heavy atom. The zero-order chi connectivity index (χ0) is 21.4. The van der Waals surface area contributed by atoms with Gasteiger partial charge in [0.2, 0.25) is 0 Å². The van der Waals surface area contributed by atoms with Gasteiger partial charge in [-0.3, -0.25) is 0 Å². The van der Waals surface area contributed by atoms with Gasteiger partial charge in [0.15, 0.2) is 15.8 Å². The molecule has 2 aromatic carbocycles. The summed E-state index contributed by atoms with van der Waals surface area (Å²) in [6.45, 7) is 3.19. The third-order valence-electron chi connectivity index (χ3n) is 4.71. The lowest BCUT2D eigenvalue weighted by molar-refractivity contribution is 0.0472. The van der Waals surface area contributed by atoms with Crippen LogP contribution in [0.2, 0.25) is 0 Å². The number of hydrogen-bond donors (Lipinski definition) is 2.